The summed E-state index contributed by atoms with van der Waals surface area (Å²) in [6, 6.07) is 14.0. The van der Waals surface area contributed by atoms with E-state index in [-0.39, 0.29) is 23.8 Å². The maximum absolute atomic E-state index is 13.0. The molecule has 182 valence electrons. The van der Waals surface area contributed by atoms with Gasteiger partial charge in [0.15, 0.2) is 0 Å². The van der Waals surface area contributed by atoms with Crippen molar-refractivity contribution in [2.75, 3.05) is 18.4 Å². The Balaban J connectivity index is 1.32. The van der Waals surface area contributed by atoms with E-state index in [0.29, 0.717) is 46.7 Å². The predicted molar refractivity (Wildman–Crippen MR) is 132 cm³/mol. The highest BCUT2D eigenvalue weighted by atomic mass is 32.2. The van der Waals surface area contributed by atoms with Gasteiger partial charge in [-0.05, 0) is 62.1 Å². The number of carbonyl (C=O) groups excluding carboxylic acids is 2. The minimum absolute atomic E-state index is 0.0293. The van der Waals surface area contributed by atoms with Crippen molar-refractivity contribution < 1.29 is 18.4 Å². The lowest BCUT2D eigenvalue weighted by molar-refractivity contribution is -0.137. The Bertz CT molecular complexity index is 972. The van der Waals surface area contributed by atoms with Crippen molar-refractivity contribution in [3.63, 3.8) is 0 Å². The maximum Gasteiger partial charge on any atom is 0.288 e. The second kappa shape index (κ2) is 11.7. The van der Waals surface area contributed by atoms with Crippen LogP contribution in [0.2, 0.25) is 0 Å². The average molecular weight is 488 g/mol. The lowest BCUT2D eigenvalue weighted by Gasteiger charge is -2.35. The molecular formula is C26H31F2N3O2S. The van der Waals surface area contributed by atoms with E-state index in [1.807, 2.05) is 23.1 Å². The fraction of sp³-hybridized carbons (Fsp3) is 0.462. The summed E-state index contributed by atoms with van der Waals surface area (Å²) in [6.45, 7) is 1.37. The van der Waals surface area contributed by atoms with Crippen LogP contribution in [0.5, 0.6) is 0 Å². The predicted octanol–water partition coefficient (Wildman–Crippen LogP) is 6.05. The molecule has 34 heavy (non-hydrogen) atoms. The smallest absolute Gasteiger partial charge is 0.288 e. The number of anilines is 2. The molecule has 0 spiro atoms. The molecule has 4 rings (SSSR count). The van der Waals surface area contributed by atoms with E-state index in [2.05, 4.69) is 10.6 Å². The summed E-state index contributed by atoms with van der Waals surface area (Å²) >= 11 is 0.501. The largest absolute Gasteiger partial charge is 0.355 e. The van der Waals surface area contributed by atoms with Gasteiger partial charge in [0.05, 0.1) is 11.3 Å². The zero-order valence-corrected chi connectivity index (χ0v) is 20.0. The zero-order chi connectivity index (χ0) is 23.9. The lowest BCUT2D eigenvalue weighted by atomic mass is 9.87. The summed E-state index contributed by atoms with van der Waals surface area (Å²) in [5.41, 5.74) is 1.89. The van der Waals surface area contributed by atoms with Crippen molar-refractivity contribution in [3.8, 4) is 0 Å². The highest BCUT2D eigenvalue weighted by Gasteiger charge is 2.29. The number of carbonyl (C=O) groups is 2. The Hall–Kier alpha value is -2.61. The first kappa shape index (κ1) is 24.5. The van der Waals surface area contributed by atoms with Gasteiger partial charge in [0.2, 0.25) is 5.91 Å². The topological polar surface area (TPSA) is 61.4 Å². The van der Waals surface area contributed by atoms with Crippen LogP contribution in [0.25, 0.3) is 0 Å². The van der Waals surface area contributed by atoms with Crippen molar-refractivity contribution in [2.45, 2.75) is 61.6 Å². The number of amides is 2. The molecule has 5 nitrogen and oxygen atoms in total. The third-order valence-electron chi connectivity index (χ3n) is 6.63. The van der Waals surface area contributed by atoms with Crippen molar-refractivity contribution in [1.29, 1.82) is 0 Å². The Morgan fingerprint density at radius 3 is 2.26 bits per heavy atom. The number of alkyl halides is 2. The number of hydrogen-bond donors (Lipinski definition) is 2. The number of hydrogen-bond acceptors (Lipinski definition) is 4. The van der Waals surface area contributed by atoms with E-state index in [9.17, 15) is 18.4 Å². The van der Waals surface area contributed by atoms with Crippen LogP contribution in [0.15, 0.2) is 53.4 Å². The van der Waals surface area contributed by atoms with Gasteiger partial charge in [-0.3, -0.25) is 9.59 Å². The van der Waals surface area contributed by atoms with Gasteiger partial charge in [0, 0.05) is 35.6 Å². The quantitative estimate of drug-likeness (QED) is 0.467. The number of piperidine rings is 1. The summed E-state index contributed by atoms with van der Waals surface area (Å²) in [6.07, 6.45) is 7.05. The molecule has 8 heteroatoms. The summed E-state index contributed by atoms with van der Waals surface area (Å²) in [5, 5.41) is 6.35. The van der Waals surface area contributed by atoms with E-state index in [0.717, 1.165) is 38.5 Å². The van der Waals surface area contributed by atoms with Gasteiger partial charge >= 0.3 is 0 Å². The van der Waals surface area contributed by atoms with Gasteiger partial charge in [-0.2, -0.15) is 8.78 Å². The van der Waals surface area contributed by atoms with Crippen LogP contribution in [0, 0.1) is 5.92 Å². The summed E-state index contributed by atoms with van der Waals surface area (Å²) < 4.78 is 25.1. The van der Waals surface area contributed by atoms with Crippen LogP contribution in [-0.2, 0) is 4.79 Å². The molecule has 2 N–H and O–H groups in total. The number of rotatable bonds is 7. The molecule has 1 heterocycles. The molecule has 2 amide bonds. The monoisotopic (exact) mass is 487 g/mol. The number of nitrogens with one attached hydrogen (secondary N) is 2. The van der Waals surface area contributed by atoms with Crippen LogP contribution in [0.4, 0.5) is 20.2 Å². The van der Waals surface area contributed by atoms with E-state index in [1.54, 1.807) is 30.3 Å². The number of benzene rings is 2. The second-order valence-electron chi connectivity index (χ2n) is 8.98. The first-order valence-corrected chi connectivity index (χ1v) is 12.9. The maximum atomic E-state index is 13.0. The van der Waals surface area contributed by atoms with Gasteiger partial charge in [-0.1, -0.05) is 43.2 Å². The normalized spacial score (nSPS) is 17.6. The molecule has 0 bridgehead atoms. The molecule has 0 atom stereocenters. The zero-order valence-electron chi connectivity index (χ0n) is 19.1. The first-order chi connectivity index (χ1) is 16.5. The molecule has 2 aromatic rings. The van der Waals surface area contributed by atoms with Gasteiger partial charge in [-0.25, -0.2) is 0 Å². The van der Waals surface area contributed by atoms with E-state index in [4.69, 9.17) is 0 Å². The second-order valence-corrected chi connectivity index (χ2v) is 10.0. The molecule has 2 aliphatic rings. The van der Waals surface area contributed by atoms with Crippen molar-refractivity contribution in [2.24, 2.45) is 5.92 Å². The highest BCUT2D eigenvalue weighted by Crippen LogP contribution is 2.29. The molecule has 1 saturated carbocycles. The molecule has 2 fully saturated rings. The van der Waals surface area contributed by atoms with Gasteiger partial charge < -0.3 is 15.5 Å². The Labute approximate surface area is 203 Å². The van der Waals surface area contributed by atoms with Crippen LogP contribution in [0.1, 0.15) is 55.3 Å². The Morgan fingerprint density at radius 1 is 0.912 bits per heavy atom. The fourth-order valence-electron chi connectivity index (χ4n) is 4.78. The Morgan fingerprint density at radius 2 is 1.59 bits per heavy atom. The van der Waals surface area contributed by atoms with Gasteiger partial charge in [0.25, 0.3) is 11.7 Å². The minimum atomic E-state index is -2.46. The lowest BCUT2D eigenvalue weighted by Crippen LogP contribution is -2.48. The molecule has 1 aliphatic heterocycles. The molecular weight excluding hydrogens is 456 g/mol. The van der Waals surface area contributed by atoms with Gasteiger partial charge in [-0.15, -0.1) is 0 Å². The van der Waals surface area contributed by atoms with Crippen molar-refractivity contribution >= 4 is 35.0 Å². The number of likely N-dealkylation sites (tertiary alicyclic amines) is 1. The standard InChI is InChI=1S/C26H31F2N3O2S/c27-26(28)34-21-12-10-19(11-13-21)29-23-9-5-4-8-22(23)24(32)30-20-14-16-31(17-15-20)25(33)18-6-2-1-3-7-18/h4-5,8-13,18,20,26,29H,1-3,6-7,14-17H2,(H,30,32). The SMILES string of the molecule is O=C(NC1CCN(C(=O)C2CCCCC2)CC1)c1ccccc1Nc1ccc(SC(F)F)cc1. The number of nitrogens with zero attached hydrogens (tertiary/aromatic N) is 1. The molecule has 0 radical (unpaired) electrons. The first-order valence-electron chi connectivity index (χ1n) is 12.0. The van der Waals surface area contributed by atoms with Gasteiger partial charge in [0.1, 0.15) is 0 Å². The number of thioether (sulfide) groups is 1. The number of halogens is 2. The third-order valence-corrected chi connectivity index (χ3v) is 7.35. The summed E-state index contributed by atoms with van der Waals surface area (Å²) in [5.74, 6) is -2.15. The average Bonchev–Trinajstić information content (AvgIpc) is 2.86. The van der Waals surface area contributed by atoms with E-state index >= 15 is 0 Å². The van der Waals surface area contributed by atoms with Crippen LogP contribution in [0.3, 0.4) is 0 Å². The van der Waals surface area contributed by atoms with E-state index < -0.39 is 5.76 Å². The minimum Gasteiger partial charge on any atom is -0.355 e. The van der Waals surface area contributed by atoms with Crippen LogP contribution in [-0.4, -0.2) is 41.6 Å². The van der Waals surface area contributed by atoms with Crippen molar-refractivity contribution in [3.05, 3.63) is 54.1 Å². The fourth-order valence-corrected chi connectivity index (χ4v) is 5.28. The molecule has 0 unspecified atom stereocenters. The molecule has 1 aliphatic carbocycles. The Kier molecular flexibility index (Phi) is 8.43. The van der Waals surface area contributed by atoms with E-state index in [1.165, 1.54) is 6.42 Å². The molecule has 2 aromatic carbocycles. The molecule has 1 saturated heterocycles. The van der Waals surface area contributed by atoms with Crippen LogP contribution >= 0.6 is 11.8 Å². The van der Waals surface area contributed by atoms with Crippen molar-refractivity contribution in [1.82, 2.24) is 10.2 Å². The highest BCUT2D eigenvalue weighted by molar-refractivity contribution is 7.99. The van der Waals surface area contributed by atoms with Crippen LogP contribution < -0.4 is 10.6 Å². The number of para-hydroxylation sites is 1. The summed E-state index contributed by atoms with van der Waals surface area (Å²) in [4.78, 5) is 28.3. The summed E-state index contributed by atoms with van der Waals surface area (Å²) in [7, 11) is 0. The third kappa shape index (κ3) is 6.50. The molecule has 0 aromatic heterocycles.